The van der Waals surface area contributed by atoms with Crippen LogP contribution in [-0.4, -0.2) is 40.7 Å². The van der Waals surface area contributed by atoms with E-state index in [0.29, 0.717) is 6.54 Å². The van der Waals surface area contributed by atoms with Crippen LogP contribution in [0.1, 0.15) is 12.7 Å². The first-order valence-corrected chi connectivity index (χ1v) is 5.64. The van der Waals surface area contributed by atoms with E-state index in [2.05, 4.69) is 20.6 Å². The maximum absolute atomic E-state index is 12.6. The van der Waals surface area contributed by atoms with Crippen molar-refractivity contribution in [1.82, 2.24) is 9.97 Å². The molecule has 1 aromatic rings. The lowest BCUT2D eigenvalue weighted by Crippen LogP contribution is -2.27. The van der Waals surface area contributed by atoms with Gasteiger partial charge in [0.05, 0.1) is 0 Å². The first-order chi connectivity index (χ1) is 9.24. The van der Waals surface area contributed by atoms with Gasteiger partial charge in [-0.1, -0.05) is 0 Å². The maximum atomic E-state index is 12.6. The second-order valence-electron chi connectivity index (χ2n) is 3.77. The zero-order chi connectivity index (χ0) is 15.3. The van der Waals surface area contributed by atoms with Gasteiger partial charge in [-0.2, -0.15) is 13.2 Å². The van der Waals surface area contributed by atoms with Crippen molar-refractivity contribution in [1.29, 1.82) is 0 Å². The van der Waals surface area contributed by atoms with E-state index >= 15 is 0 Å². The molecule has 20 heavy (non-hydrogen) atoms. The number of halogens is 5. The third-order valence-corrected chi connectivity index (χ3v) is 2.12. The van der Waals surface area contributed by atoms with Crippen molar-refractivity contribution in [2.75, 3.05) is 23.7 Å². The van der Waals surface area contributed by atoms with E-state index in [-0.39, 0.29) is 11.6 Å². The summed E-state index contributed by atoms with van der Waals surface area (Å²) in [7, 11) is 0. The number of nitrogens with zero attached hydrogens (tertiary/aromatic N) is 2. The Hall–Kier alpha value is -1.71. The zero-order valence-corrected chi connectivity index (χ0v) is 10.4. The highest BCUT2D eigenvalue weighted by atomic mass is 19.4. The number of alkyl halides is 5. The predicted octanol–water partition coefficient (Wildman–Crippen LogP) is 1.97. The van der Waals surface area contributed by atoms with Crippen LogP contribution in [-0.2, 0) is 6.18 Å². The average Bonchev–Trinajstić information content (AvgIpc) is 2.35. The molecule has 3 N–H and O–H groups in total. The highest BCUT2D eigenvalue weighted by Crippen LogP contribution is 2.28. The molecule has 10 heteroatoms. The van der Waals surface area contributed by atoms with E-state index in [1.807, 2.05) is 0 Å². The average molecular weight is 300 g/mol. The van der Waals surface area contributed by atoms with Gasteiger partial charge >= 0.3 is 6.18 Å². The lowest BCUT2D eigenvalue weighted by molar-refractivity contribution is -0.144. The Balaban J connectivity index is 2.91. The largest absolute Gasteiger partial charge is 0.451 e. The van der Waals surface area contributed by atoms with Gasteiger partial charge in [0.1, 0.15) is 17.7 Å². The number of anilines is 2. The van der Waals surface area contributed by atoms with Crippen LogP contribution in [0.4, 0.5) is 33.6 Å². The zero-order valence-electron chi connectivity index (χ0n) is 10.4. The van der Waals surface area contributed by atoms with Crippen molar-refractivity contribution >= 4 is 11.6 Å². The SMILES string of the molecule is CCNc1cc(NCC(O)C(F)F)nc(C(F)(F)F)n1. The molecule has 1 unspecified atom stereocenters. The predicted molar refractivity (Wildman–Crippen MR) is 61.7 cm³/mol. The summed E-state index contributed by atoms with van der Waals surface area (Å²) in [6.07, 6.45) is -9.76. The maximum Gasteiger partial charge on any atom is 0.451 e. The molecule has 0 amide bonds. The highest BCUT2D eigenvalue weighted by Gasteiger charge is 2.35. The van der Waals surface area contributed by atoms with Gasteiger partial charge in [0.25, 0.3) is 6.43 Å². The van der Waals surface area contributed by atoms with Gasteiger partial charge in [-0.15, -0.1) is 0 Å². The molecule has 1 atom stereocenters. The fraction of sp³-hybridized carbons (Fsp3) is 0.600. The summed E-state index contributed by atoms with van der Waals surface area (Å²) in [6.45, 7) is 1.36. The highest BCUT2D eigenvalue weighted by molar-refractivity contribution is 5.47. The third kappa shape index (κ3) is 4.76. The first-order valence-electron chi connectivity index (χ1n) is 5.64. The van der Waals surface area contributed by atoms with Gasteiger partial charge in [-0.3, -0.25) is 0 Å². The van der Waals surface area contributed by atoms with E-state index in [4.69, 9.17) is 5.11 Å². The fourth-order valence-corrected chi connectivity index (χ4v) is 1.23. The number of nitrogens with one attached hydrogen (secondary N) is 2. The van der Waals surface area contributed by atoms with E-state index in [1.54, 1.807) is 6.92 Å². The molecule has 0 spiro atoms. The summed E-state index contributed by atoms with van der Waals surface area (Å²) >= 11 is 0. The summed E-state index contributed by atoms with van der Waals surface area (Å²) < 4.78 is 61.9. The lowest BCUT2D eigenvalue weighted by Gasteiger charge is -2.14. The summed E-state index contributed by atoms with van der Waals surface area (Å²) in [5.41, 5.74) is 0. The van der Waals surface area contributed by atoms with Gasteiger partial charge in [-0.25, -0.2) is 18.7 Å². The molecule has 0 fully saturated rings. The van der Waals surface area contributed by atoms with Gasteiger partial charge in [0, 0.05) is 19.2 Å². The quantitative estimate of drug-likeness (QED) is 0.701. The molecule has 0 saturated carbocycles. The Morgan fingerprint density at radius 1 is 1.20 bits per heavy atom. The minimum absolute atomic E-state index is 0.0936. The van der Waals surface area contributed by atoms with Crippen LogP contribution in [0, 0.1) is 0 Å². The van der Waals surface area contributed by atoms with Crippen molar-refractivity contribution in [2.45, 2.75) is 25.6 Å². The van der Waals surface area contributed by atoms with Gasteiger partial charge in [0.15, 0.2) is 0 Å². The number of aromatic nitrogens is 2. The fourth-order valence-electron chi connectivity index (χ4n) is 1.23. The molecule has 5 nitrogen and oxygen atoms in total. The molecule has 1 heterocycles. The molecular weight excluding hydrogens is 287 g/mol. The molecule has 0 saturated heterocycles. The topological polar surface area (TPSA) is 70.1 Å². The van der Waals surface area contributed by atoms with Crippen molar-refractivity contribution < 1.29 is 27.1 Å². The molecule has 0 aliphatic carbocycles. The number of aliphatic hydroxyl groups is 1. The van der Waals surface area contributed by atoms with Crippen LogP contribution in [0.25, 0.3) is 0 Å². The smallest absolute Gasteiger partial charge is 0.385 e. The van der Waals surface area contributed by atoms with Crippen molar-refractivity contribution in [3.05, 3.63) is 11.9 Å². The monoisotopic (exact) mass is 300 g/mol. The third-order valence-electron chi connectivity index (χ3n) is 2.12. The van der Waals surface area contributed by atoms with Crippen LogP contribution in [0.15, 0.2) is 6.07 Å². The van der Waals surface area contributed by atoms with E-state index in [9.17, 15) is 22.0 Å². The molecule has 0 radical (unpaired) electrons. The molecule has 1 aromatic heterocycles. The number of rotatable bonds is 6. The minimum Gasteiger partial charge on any atom is -0.385 e. The Bertz CT molecular complexity index is 440. The van der Waals surface area contributed by atoms with Crippen molar-refractivity contribution in [2.24, 2.45) is 0 Å². The van der Waals surface area contributed by atoms with Gasteiger partial charge in [-0.05, 0) is 6.92 Å². The van der Waals surface area contributed by atoms with Crippen LogP contribution < -0.4 is 10.6 Å². The lowest BCUT2D eigenvalue weighted by atomic mass is 10.3. The summed E-state index contributed by atoms with van der Waals surface area (Å²) in [5, 5.41) is 13.7. The Morgan fingerprint density at radius 3 is 2.20 bits per heavy atom. The number of aliphatic hydroxyl groups excluding tert-OH is 1. The minimum atomic E-state index is -4.76. The van der Waals surface area contributed by atoms with Crippen LogP contribution >= 0.6 is 0 Å². The molecule has 0 aromatic carbocycles. The Labute approximate surface area is 111 Å². The second-order valence-corrected chi connectivity index (χ2v) is 3.77. The second kappa shape index (κ2) is 6.64. The molecule has 0 aliphatic heterocycles. The number of hydrogen-bond acceptors (Lipinski definition) is 5. The molecule has 1 rings (SSSR count). The van der Waals surface area contributed by atoms with Crippen molar-refractivity contribution in [3.8, 4) is 0 Å². The first kappa shape index (κ1) is 16.3. The van der Waals surface area contributed by atoms with E-state index in [0.717, 1.165) is 6.07 Å². The van der Waals surface area contributed by atoms with Gasteiger partial charge in [0.2, 0.25) is 5.82 Å². The standard InChI is InChI=1S/C10H13F5N4O/c1-2-16-6-3-7(17-4-5(20)8(11)12)19-9(18-6)10(13,14)15/h3,5,8,20H,2,4H2,1H3,(H2,16,17,18,19). The molecule has 0 bridgehead atoms. The van der Waals surface area contributed by atoms with Gasteiger partial charge < -0.3 is 15.7 Å². The van der Waals surface area contributed by atoms with Crippen LogP contribution in [0.5, 0.6) is 0 Å². The molecule has 114 valence electrons. The Morgan fingerprint density at radius 2 is 1.75 bits per heavy atom. The number of hydrogen-bond donors (Lipinski definition) is 3. The molecular formula is C10H13F5N4O. The van der Waals surface area contributed by atoms with Crippen LogP contribution in [0.3, 0.4) is 0 Å². The van der Waals surface area contributed by atoms with E-state index in [1.165, 1.54) is 0 Å². The normalized spacial score (nSPS) is 13.4. The summed E-state index contributed by atoms with van der Waals surface area (Å²) in [4.78, 5) is 6.43. The van der Waals surface area contributed by atoms with E-state index < -0.39 is 31.1 Å². The Kier molecular flexibility index (Phi) is 5.43. The molecule has 0 aliphatic rings. The van der Waals surface area contributed by atoms with Crippen molar-refractivity contribution in [3.63, 3.8) is 0 Å². The summed E-state index contributed by atoms with van der Waals surface area (Å²) in [5.74, 6) is -1.79. The summed E-state index contributed by atoms with van der Waals surface area (Å²) in [6, 6.07) is 1.14. The van der Waals surface area contributed by atoms with Crippen LogP contribution in [0.2, 0.25) is 0 Å².